The van der Waals surface area contributed by atoms with Crippen molar-refractivity contribution in [3.8, 4) is 0 Å². The van der Waals surface area contributed by atoms with Crippen LogP contribution in [0.3, 0.4) is 0 Å². The molecule has 1 aliphatic rings. The van der Waals surface area contributed by atoms with Gasteiger partial charge < -0.3 is 4.52 Å². The normalized spacial score (nSPS) is 21.7. The second-order valence-corrected chi connectivity index (χ2v) is 6.13. The Labute approximate surface area is 127 Å². The van der Waals surface area contributed by atoms with Gasteiger partial charge in [-0.15, -0.1) is 0 Å². The summed E-state index contributed by atoms with van der Waals surface area (Å²) in [5.41, 5.74) is 1.89. The van der Waals surface area contributed by atoms with E-state index in [4.69, 9.17) is 4.52 Å². The number of rotatable bonds is 3. The molecule has 1 atom stereocenters. The Balaban J connectivity index is 1.74. The minimum atomic E-state index is -2.63. The van der Waals surface area contributed by atoms with Crippen molar-refractivity contribution in [2.75, 3.05) is 0 Å². The van der Waals surface area contributed by atoms with E-state index in [1.165, 1.54) is 0 Å². The molecule has 0 N–H and O–H groups in total. The summed E-state index contributed by atoms with van der Waals surface area (Å²) in [6, 6.07) is 1.95. The lowest BCUT2D eigenvalue weighted by Crippen LogP contribution is -2.17. The smallest absolute Gasteiger partial charge is 0.248 e. The van der Waals surface area contributed by atoms with Crippen LogP contribution in [0, 0.1) is 6.92 Å². The lowest BCUT2D eigenvalue weighted by atomic mass is 9.99. The molecule has 0 aromatic carbocycles. The maximum absolute atomic E-state index is 13.7. The Bertz CT molecular complexity index is 650. The van der Waals surface area contributed by atoms with Crippen LogP contribution >= 0.6 is 0 Å². The van der Waals surface area contributed by atoms with Crippen LogP contribution in [0.25, 0.3) is 0 Å². The Hall–Kier alpha value is -1.79. The third-order valence-electron chi connectivity index (χ3n) is 4.16. The van der Waals surface area contributed by atoms with Crippen molar-refractivity contribution in [3.05, 3.63) is 29.2 Å². The maximum Gasteiger partial charge on any atom is 0.248 e. The first-order valence-corrected chi connectivity index (χ1v) is 7.63. The largest absolute Gasteiger partial charge is 0.339 e. The second kappa shape index (κ2) is 5.78. The van der Waals surface area contributed by atoms with Gasteiger partial charge in [0.1, 0.15) is 0 Å². The molecule has 120 valence electrons. The summed E-state index contributed by atoms with van der Waals surface area (Å²) < 4.78 is 34.4. The summed E-state index contributed by atoms with van der Waals surface area (Å²) in [6.07, 6.45) is 2.27. The van der Waals surface area contributed by atoms with Crippen LogP contribution in [0.1, 0.15) is 61.1 Å². The van der Waals surface area contributed by atoms with Gasteiger partial charge in [-0.25, -0.2) is 8.78 Å². The van der Waals surface area contributed by atoms with Crippen molar-refractivity contribution >= 4 is 0 Å². The Kier molecular flexibility index (Phi) is 3.97. The van der Waals surface area contributed by atoms with Gasteiger partial charge in [0, 0.05) is 31.5 Å². The SMILES string of the molecule is Cc1cc(Cc2noc(C3CCCCC(F)(F)C3)n2)n(C)n1. The molecule has 2 aromatic rings. The van der Waals surface area contributed by atoms with Crippen LogP contribution in [0.5, 0.6) is 0 Å². The van der Waals surface area contributed by atoms with Crippen LogP contribution < -0.4 is 0 Å². The molecule has 3 rings (SSSR count). The number of hydrogen-bond acceptors (Lipinski definition) is 4. The number of halogens is 2. The summed E-state index contributed by atoms with van der Waals surface area (Å²) in [5.74, 6) is -2.11. The molecule has 2 aromatic heterocycles. The third-order valence-corrected chi connectivity index (χ3v) is 4.16. The Morgan fingerprint density at radius 3 is 2.95 bits per heavy atom. The molecule has 0 radical (unpaired) electrons. The lowest BCUT2D eigenvalue weighted by Gasteiger charge is -2.16. The number of aryl methyl sites for hydroxylation is 2. The molecular weight excluding hydrogens is 290 g/mol. The highest BCUT2D eigenvalue weighted by Crippen LogP contribution is 2.39. The first kappa shape index (κ1) is 15.1. The highest BCUT2D eigenvalue weighted by atomic mass is 19.3. The van der Waals surface area contributed by atoms with Crippen molar-refractivity contribution in [2.24, 2.45) is 7.05 Å². The van der Waals surface area contributed by atoms with Gasteiger partial charge in [-0.2, -0.15) is 10.1 Å². The van der Waals surface area contributed by atoms with Crippen molar-refractivity contribution in [2.45, 2.75) is 57.3 Å². The van der Waals surface area contributed by atoms with Gasteiger partial charge in [0.05, 0.1) is 12.1 Å². The number of aromatic nitrogens is 4. The van der Waals surface area contributed by atoms with Crippen LogP contribution in [0.2, 0.25) is 0 Å². The van der Waals surface area contributed by atoms with Gasteiger partial charge in [0.25, 0.3) is 0 Å². The van der Waals surface area contributed by atoms with Crippen LogP contribution in [-0.4, -0.2) is 25.8 Å². The van der Waals surface area contributed by atoms with E-state index in [1.807, 2.05) is 20.0 Å². The minimum Gasteiger partial charge on any atom is -0.339 e. The monoisotopic (exact) mass is 310 g/mol. The number of hydrogen-bond donors (Lipinski definition) is 0. The van der Waals surface area contributed by atoms with Gasteiger partial charge in [0.2, 0.25) is 11.8 Å². The molecular formula is C15H20F2N4O. The van der Waals surface area contributed by atoms with Crippen molar-refractivity contribution in [1.82, 2.24) is 19.9 Å². The second-order valence-electron chi connectivity index (χ2n) is 6.13. The van der Waals surface area contributed by atoms with E-state index in [2.05, 4.69) is 15.2 Å². The third kappa shape index (κ3) is 3.34. The fourth-order valence-corrected chi connectivity index (χ4v) is 3.05. The zero-order valence-corrected chi connectivity index (χ0v) is 12.9. The van der Waals surface area contributed by atoms with Crippen molar-refractivity contribution in [3.63, 3.8) is 0 Å². The van der Waals surface area contributed by atoms with E-state index in [1.54, 1.807) is 4.68 Å². The fraction of sp³-hybridized carbons (Fsp3) is 0.667. The number of alkyl halides is 2. The van der Waals surface area contributed by atoms with Crippen LogP contribution in [0.15, 0.2) is 10.6 Å². The van der Waals surface area contributed by atoms with Gasteiger partial charge >= 0.3 is 0 Å². The highest BCUT2D eigenvalue weighted by Gasteiger charge is 2.37. The van der Waals surface area contributed by atoms with E-state index in [9.17, 15) is 8.78 Å². The van der Waals surface area contributed by atoms with E-state index in [-0.39, 0.29) is 18.8 Å². The summed E-state index contributed by atoms with van der Waals surface area (Å²) in [7, 11) is 1.86. The average Bonchev–Trinajstić information content (AvgIpc) is 2.96. The summed E-state index contributed by atoms with van der Waals surface area (Å²) in [6.45, 7) is 1.92. The van der Waals surface area contributed by atoms with E-state index in [0.717, 1.165) is 17.8 Å². The Morgan fingerprint density at radius 2 is 2.23 bits per heavy atom. The fourth-order valence-electron chi connectivity index (χ4n) is 3.05. The summed E-state index contributed by atoms with van der Waals surface area (Å²) >= 11 is 0. The maximum atomic E-state index is 13.7. The summed E-state index contributed by atoms with van der Waals surface area (Å²) in [5, 5.41) is 8.21. The topological polar surface area (TPSA) is 56.7 Å². The predicted molar refractivity (Wildman–Crippen MR) is 75.8 cm³/mol. The average molecular weight is 310 g/mol. The van der Waals surface area contributed by atoms with Gasteiger partial charge in [-0.3, -0.25) is 4.68 Å². The van der Waals surface area contributed by atoms with Gasteiger partial charge in [0.15, 0.2) is 5.82 Å². The predicted octanol–water partition coefficient (Wildman–Crippen LogP) is 3.39. The van der Waals surface area contributed by atoms with Crippen LogP contribution in [0.4, 0.5) is 8.78 Å². The standard InChI is InChI=1S/C15H20F2N4O/c1-10-7-12(21(2)19-10)8-13-18-14(22-20-13)11-5-3-4-6-15(16,17)9-11/h7,11H,3-6,8-9H2,1-2H3. The van der Waals surface area contributed by atoms with Crippen LogP contribution in [-0.2, 0) is 13.5 Å². The number of nitrogens with zero attached hydrogens (tertiary/aromatic N) is 4. The molecule has 0 saturated heterocycles. The molecule has 0 aliphatic heterocycles. The zero-order chi connectivity index (χ0) is 15.7. The lowest BCUT2D eigenvalue weighted by molar-refractivity contribution is -0.0200. The van der Waals surface area contributed by atoms with Crippen molar-refractivity contribution in [1.29, 1.82) is 0 Å². The highest BCUT2D eigenvalue weighted by molar-refractivity contribution is 5.13. The first-order chi connectivity index (χ1) is 10.4. The quantitative estimate of drug-likeness (QED) is 0.815. The van der Waals surface area contributed by atoms with E-state index < -0.39 is 5.92 Å². The minimum absolute atomic E-state index is 0.0429. The molecule has 0 spiro atoms. The first-order valence-electron chi connectivity index (χ1n) is 7.63. The molecule has 1 aliphatic carbocycles. The van der Waals surface area contributed by atoms with Gasteiger partial charge in [-0.1, -0.05) is 11.6 Å². The molecule has 1 fully saturated rings. The van der Waals surface area contributed by atoms with Crippen molar-refractivity contribution < 1.29 is 13.3 Å². The molecule has 7 heteroatoms. The van der Waals surface area contributed by atoms with E-state index >= 15 is 0 Å². The van der Waals surface area contributed by atoms with Gasteiger partial charge in [-0.05, 0) is 25.8 Å². The molecule has 0 bridgehead atoms. The molecule has 1 unspecified atom stereocenters. The Morgan fingerprint density at radius 1 is 1.41 bits per heavy atom. The zero-order valence-electron chi connectivity index (χ0n) is 12.9. The molecule has 0 amide bonds. The molecule has 5 nitrogen and oxygen atoms in total. The summed E-state index contributed by atoms with van der Waals surface area (Å²) in [4.78, 5) is 4.33. The molecule has 2 heterocycles. The van der Waals surface area contributed by atoms with E-state index in [0.29, 0.717) is 31.0 Å². The molecule has 22 heavy (non-hydrogen) atoms. The molecule has 1 saturated carbocycles.